The monoisotopic (exact) mass is 251 g/mol. The van der Waals surface area contributed by atoms with Crippen LogP contribution >= 0.6 is 0 Å². The number of methoxy groups -OCH3 is 1. The molecular weight excluding hydrogens is 238 g/mol. The normalized spacial score (nSPS) is 18.7. The summed E-state index contributed by atoms with van der Waals surface area (Å²) in [7, 11) is 1.63. The Morgan fingerprint density at radius 3 is 3.18 bits per heavy atom. The minimum atomic E-state index is -1.48. The van der Waals surface area contributed by atoms with Gasteiger partial charge >= 0.3 is 0 Å². The fraction of sp³-hybridized carbons (Fsp3) is 0.182. The number of fused-ring (bicyclic) bond motifs is 1. The first kappa shape index (κ1) is 12.0. The van der Waals surface area contributed by atoms with Crippen LogP contribution in [0.3, 0.4) is 0 Å². The summed E-state index contributed by atoms with van der Waals surface area (Å²) in [6.07, 6.45) is 3.79. The highest BCUT2D eigenvalue weighted by molar-refractivity contribution is 7.91. The van der Waals surface area contributed by atoms with Gasteiger partial charge in [-0.25, -0.2) is 0 Å². The topological polar surface area (TPSA) is 82.7 Å². The van der Waals surface area contributed by atoms with Crippen molar-refractivity contribution < 1.29 is 9.29 Å². The predicted octanol–water partition coefficient (Wildman–Crippen LogP) is 1.06. The molecule has 1 aliphatic heterocycles. The van der Waals surface area contributed by atoms with Crippen molar-refractivity contribution in [3.8, 4) is 0 Å². The molecular formula is C11H13N3O2S. The maximum absolute atomic E-state index is 11.3. The molecule has 0 saturated carbocycles. The third-order valence-electron chi connectivity index (χ3n) is 2.29. The van der Waals surface area contributed by atoms with Gasteiger partial charge in [0.1, 0.15) is 0 Å². The average molecular weight is 251 g/mol. The van der Waals surface area contributed by atoms with Gasteiger partial charge in [0.05, 0.1) is 17.9 Å². The first-order chi connectivity index (χ1) is 8.22. The molecule has 1 atom stereocenters. The van der Waals surface area contributed by atoms with Gasteiger partial charge in [0.25, 0.3) is 0 Å². The second kappa shape index (κ2) is 5.22. The highest BCUT2D eigenvalue weighted by Gasteiger charge is 2.22. The summed E-state index contributed by atoms with van der Waals surface area (Å²) in [6.45, 7) is 0.528. The molecule has 0 amide bonds. The second-order valence-corrected chi connectivity index (χ2v) is 4.34. The summed E-state index contributed by atoms with van der Waals surface area (Å²) in [5.41, 5.74) is 8.22. The van der Waals surface area contributed by atoms with Gasteiger partial charge in [-0.3, -0.25) is 0 Å². The molecule has 1 unspecified atom stereocenters. The molecule has 6 heteroatoms. The van der Waals surface area contributed by atoms with E-state index in [4.69, 9.17) is 10.5 Å². The lowest BCUT2D eigenvalue weighted by Crippen LogP contribution is -2.27. The zero-order chi connectivity index (χ0) is 12.3. The van der Waals surface area contributed by atoms with E-state index in [1.54, 1.807) is 7.11 Å². The molecule has 0 saturated heterocycles. The van der Waals surface area contributed by atoms with Crippen LogP contribution < -0.4 is 10.5 Å². The molecule has 2 rings (SSSR count). The predicted molar refractivity (Wildman–Crippen MR) is 69.8 cm³/mol. The molecule has 1 heterocycles. The first-order valence-corrected chi connectivity index (χ1v) is 6.14. The van der Waals surface area contributed by atoms with Crippen molar-refractivity contribution in [3.63, 3.8) is 0 Å². The Morgan fingerprint density at radius 2 is 2.41 bits per heavy atom. The van der Waals surface area contributed by atoms with Gasteiger partial charge in [-0.1, -0.05) is 24.3 Å². The van der Waals surface area contributed by atoms with Crippen molar-refractivity contribution in [1.29, 1.82) is 0 Å². The number of anilines is 1. The standard InChI is InChI=1S/C11H13N3O2S/c1-16-7-3-5-8-4-2-6-9-10(8)11(12)14-17(15)13-9/h2-6,13H,7H2,1H3,(H2,12,14)/b5-3+. The van der Waals surface area contributed by atoms with E-state index < -0.39 is 11.5 Å². The van der Waals surface area contributed by atoms with E-state index in [0.29, 0.717) is 6.61 Å². The van der Waals surface area contributed by atoms with Crippen LogP contribution in [0.25, 0.3) is 6.08 Å². The fourth-order valence-electron chi connectivity index (χ4n) is 1.60. The summed E-state index contributed by atoms with van der Waals surface area (Å²) in [4.78, 5) is 0. The molecule has 0 aromatic heterocycles. The summed E-state index contributed by atoms with van der Waals surface area (Å²) < 4.78 is 22.8. The van der Waals surface area contributed by atoms with Gasteiger partial charge in [-0.2, -0.15) is 4.72 Å². The van der Waals surface area contributed by atoms with Crippen LogP contribution in [-0.2, 0) is 16.3 Å². The van der Waals surface area contributed by atoms with Crippen LogP contribution in [0, 0.1) is 0 Å². The highest BCUT2D eigenvalue weighted by atomic mass is 32.2. The average Bonchev–Trinajstić information content (AvgIpc) is 2.28. The van der Waals surface area contributed by atoms with Crippen LogP contribution in [0.4, 0.5) is 5.69 Å². The number of nitrogens with one attached hydrogen (secondary N) is 1. The molecule has 90 valence electrons. The van der Waals surface area contributed by atoms with E-state index in [9.17, 15) is 4.55 Å². The van der Waals surface area contributed by atoms with Crippen LogP contribution in [0.1, 0.15) is 11.1 Å². The third-order valence-corrected chi connectivity index (χ3v) is 3.05. The zero-order valence-corrected chi connectivity index (χ0v) is 10.2. The zero-order valence-electron chi connectivity index (χ0n) is 9.34. The summed E-state index contributed by atoms with van der Waals surface area (Å²) >= 11 is -1.48. The minimum absolute atomic E-state index is 0.287. The van der Waals surface area contributed by atoms with E-state index in [2.05, 4.69) is 9.12 Å². The molecule has 17 heavy (non-hydrogen) atoms. The molecule has 0 bridgehead atoms. The third kappa shape index (κ3) is 2.60. The Balaban J connectivity index is 2.38. The number of nitrogens with two attached hydrogens (primary N) is 1. The van der Waals surface area contributed by atoms with Crippen LogP contribution in [-0.4, -0.2) is 24.1 Å². The van der Waals surface area contributed by atoms with Crippen molar-refractivity contribution in [2.24, 2.45) is 10.1 Å². The van der Waals surface area contributed by atoms with Crippen molar-refractivity contribution in [2.45, 2.75) is 0 Å². The Kier molecular flexibility index (Phi) is 3.68. The van der Waals surface area contributed by atoms with Crippen LogP contribution in [0.15, 0.2) is 28.7 Å². The number of hydrogen-bond donors (Lipinski definition) is 2. The summed E-state index contributed by atoms with van der Waals surface area (Å²) in [6, 6.07) is 5.61. The van der Waals surface area contributed by atoms with Gasteiger partial charge in [0, 0.05) is 7.11 Å². The Labute approximate surface area is 103 Å². The molecule has 0 radical (unpaired) electrons. The van der Waals surface area contributed by atoms with E-state index in [0.717, 1.165) is 16.8 Å². The van der Waals surface area contributed by atoms with Crippen molar-refractivity contribution in [2.75, 3.05) is 18.4 Å². The summed E-state index contributed by atoms with van der Waals surface area (Å²) in [5, 5.41) is 0. The lowest BCUT2D eigenvalue weighted by molar-refractivity contribution is 0.234. The Morgan fingerprint density at radius 1 is 1.59 bits per heavy atom. The molecule has 5 nitrogen and oxygen atoms in total. The lowest BCUT2D eigenvalue weighted by atomic mass is 10.0. The van der Waals surface area contributed by atoms with Gasteiger partial charge in [-0.05, 0) is 16.0 Å². The molecule has 0 spiro atoms. The molecule has 1 aromatic rings. The Bertz CT molecular complexity index is 474. The number of hydrogen-bond acceptors (Lipinski definition) is 5. The smallest absolute Gasteiger partial charge is 0.222 e. The molecule has 1 aliphatic rings. The maximum Gasteiger partial charge on any atom is 0.222 e. The highest BCUT2D eigenvalue weighted by Crippen LogP contribution is 2.25. The van der Waals surface area contributed by atoms with Gasteiger partial charge in [0.15, 0.2) is 5.84 Å². The molecule has 0 aliphatic carbocycles. The van der Waals surface area contributed by atoms with Crippen molar-refractivity contribution in [3.05, 3.63) is 35.4 Å². The van der Waals surface area contributed by atoms with Crippen molar-refractivity contribution >= 4 is 29.1 Å². The molecule has 0 fully saturated rings. The quantitative estimate of drug-likeness (QED) is 0.787. The molecule has 1 aromatic carbocycles. The number of benzene rings is 1. The second-order valence-electron chi connectivity index (χ2n) is 3.46. The van der Waals surface area contributed by atoms with Crippen LogP contribution in [0.2, 0.25) is 0 Å². The molecule has 3 N–H and O–H groups in total. The number of nitrogens with zero attached hydrogens (tertiary/aromatic N) is 1. The van der Waals surface area contributed by atoms with Gasteiger partial charge in [0.2, 0.25) is 11.5 Å². The van der Waals surface area contributed by atoms with Gasteiger partial charge < -0.3 is 15.0 Å². The van der Waals surface area contributed by atoms with E-state index in [1.165, 1.54) is 0 Å². The van der Waals surface area contributed by atoms with E-state index in [-0.39, 0.29) is 5.84 Å². The number of rotatable bonds is 3. The summed E-state index contributed by atoms with van der Waals surface area (Å²) in [5.74, 6) is 0.287. The largest absolute Gasteiger partial charge is 0.566 e. The number of ether oxygens (including phenoxy) is 1. The fourth-order valence-corrected chi connectivity index (χ4v) is 2.28. The van der Waals surface area contributed by atoms with Crippen molar-refractivity contribution in [1.82, 2.24) is 0 Å². The van der Waals surface area contributed by atoms with E-state index in [1.807, 2.05) is 30.4 Å². The first-order valence-electron chi connectivity index (χ1n) is 5.04. The number of amidine groups is 1. The maximum atomic E-state index is 11.3. The lowest BCUT2D eigenvalue weighted by Gasteiger charge is -2.17. The SMILES string of the molecule is COC/C=C/c1cccc2c1C(N)=N[S+]([O-])N2. The Hall–Kier alpha value is -1.50. The van der Waals surface area contributed by atoms with E-state index >= 15 is 0 Å². The van der Waals surface area contributed by atoms with Crippen LogP contribution in [0.5, 0.6) is 0 Å². The minimum Gasteiger partial charge on any atom is -0.566 e. The van der Waals surface area contributed by atoms with Gasteiger partial charge in [-0.15, -0.1) is 0 Å².